The van der Waals surface area contributed by atoms with Crippen molar-refractivity contribution in [2.45, 2.75) is 0 Å². The fourth-order valence-electron chi connectivity index (χ4n) is 2.41. The Labute approximate surface area is 182 Å². The highest BCUT2D eigenvalue weighted by Gasteiger charge is 2.11. The van der Waals surface area contributed by atoms with Gasteiger partial charge in [0.2, 0.25) is 0 Å². The van der Waals surface area contributed by atoms with Crippen molar-refractivity contribution >= 4 is 40.6 Å². The summed E-state index contributed by atoms with van der Waals surface area (Å²) in [7, 11) is 0. The fraction of sp³-hybridized carbons (Fsp3) is 0.190. The molecule has 1 aromatic heterocycles. The van der Waals surface area contributed by atoms with Crippen molar-refractivity contribution in [3.8, 4) is 0 Å². The molecule has 0 spiro atoms. The van der Waals surface area contributed by atoms with Gasteiger partial charge < -0.3 is 30.6 Å². The lowest BCUT2D eigenvalue weighted by atomic mass is 10.2. The van der Waals surface area contributed by atoms with Crippen LogP contribution in [0.25, 0.3) is 10.9 Å². The highest BCUT2D eigenvalue weighted by molar-refractivity contribution is 5.90. The van der Waals surface area contributed by atoms with E-state index in [1.54, 1.807) is 0 Å². The van der Waals surface area contributed by atoms with Gasteiger partial charge in [-0.15, -0.1) is 0 Å². The van der Waals surface area contributed by atoms with Gasteiger partial charge in [-0.3, -0.25) is 0 Å². The van der Waals surface area contributed by atoms with Crippen LogP contribution < -0.4 is 10.2 Å². The van der Waals surface area contributed by atoms with Crippen LogP contribution in [0.4, 0.5) is 5.82 Å². The van der Waals surface area contributed by atoms with Gasteiger partial charge in [-0.25, -0.2) is 24.2 Å². The summed E-state index contributed by atoms with van der Waals surface area (Å²) in [5.74, 6) is -3.93. The molecule has 3 rings (SSSR count). The van der Waals surface area contributed by atoms with E-state index in [1.807, 2.05) is 6.07 Å². The van der Waals surface area contributed by atoms with Crippen LogP contribution in [0.2, 0.25) is 0 Å². The zero-order chi connectivity index (χ0) is 23.9. The molecule has 2 aromatic rings. The number of para-hydroxylation sites is 1. The average molecular weight is 445 g/mol. The molecule has 170 valence electrons. The first-order chi connectivity index (χ1) is 15.2. The number of nitrogens with one attached hydrogen (secondary N) is 1. The lowest BCUT2D eigenvalue weighted by Gasteiger charge is -2.28. The number of rotatable bonds is 5. The van der Waals surface area contributed by atoms with Crippen molar-refractivity contribution in [1.82, 2.24) is 10.3 Å². The molecule has 32 heavy (non-hydrogen) atoms. The first-order valence-electron chi connectivity index (χ1n) is 9.28. The third-order valence-corrected chi connectivity index (χ3v) is 3.76. The van der Waals surface area contributed by atoms with E-state index in [9.17, 15) is 19.2 Å². The highest BCUT2D eigenvalue weighted by atomic mass is 16.4. The molecule has 1 aromatic carbocycles. The Balaban J connectivity index is 0.000000273. The molecule has 11 nitrogen and oxygen atoms in total. The highest BCUT2D eigenvalue weighted by Crippen LogP contribution is 2.17. The maximum absolute atomic E-state index is 9.55. The van der Waals surface area contributed by atoms with E-state index in [0.717, 1.165) is 37.5 Å². The molecule has 0 radical (unpaired) electrons. The van der Waals surface area contributed by atoms with Crippen molar-refractivity contribution in [2.75, 3.05) is 31.1 Å². The van der Waals surface area contributed by atoms with Gasteiger partial charge >= 0.3 is 23.9 Å². The molecule has 2 heterocycles. The van der Waals surface area contributed by atoms with Gasteiger partial charge in [-0.2, -0.15) is 0 Å². The van der Waals surface area contributed by atoms with Gasteiger partial charge in [-0.1, -0.05) is 18.2 Å². The molecule has 1 aliphatic rings. The molecule has 1 fully saturated rings. The number of hydrogen-bond donors (Lipinski definition) is 5. The lowest BCUT2D eigenvalue weighted by molar-refractivity contribution is -0.134. The second-order valence-corrected chi connectivity index (χ2v) is 6.12. The van der Waals surface area contributed by atoms with Crippen LogP contribution in [0.15, 0.2) is 60.7 Å². The predicted octanol–water partition coefficient (Wildman–Crippen LogP) is 1.07. The fourth-order valence-corrected chi connectivity index (χ4v) is 2.41. The van der Waals surface area contributed by atoms with Gasteiger partial charge in [0.1, 0.15) is 5.82 Å². The summed E-state index contributed by atoms with van der Waals surface area (Å²) >= 11 is 0. The molecular weight excluding hydrogens is 422 g/mol. The van der Waals surface area contributed by atoms with E-state index in [0.29, 0.717) is 24.3 Å². The van der Waals surface area contributed by atoms with E-state index in [4.69, 9.17) is 25.4 Å². The largest absolute Gasteiger partial charge is 0.478 e. The second kappa shape index (κ2) is 13.9. The van der Waals surface area contributed by atoms with E-state index in [-0.39, 0.29) is 0 Å². The van der Waals surface area contributed by atoms with Gasteiger partial charge in [-0.05, 0) is 18.2 Å². The SMILES string of the molecule is O=C(O)C=CC(=O)O.O=C(O)C=CC(=O)O.c1ccc2nc(N3CCNCC3)ccc2c1. The zero-order valence-electron chi connectivity index (χ0n) is 16.9. The Morgan fingerprint density at radius 2 is 1.22 bits per heavy atom. The number of hydrogen-bond acceptors (Lipinski definition) is 7. The summed E-state index contributed by atoms with van der Waals surface area (Å²) in [6, 6.07) is 12.5. The van der Waals surface area contributed by atoms with Gasteiger partial charge in [0.25, 0.3) is 0 Å². The number of anilines is 1. The standard InChI is InChI=1S/C13H15N3.2C4H4O4/c1-2-4-12-11(3-1)5-6-13(15-12)16-9-7-14-8-10-16;2*5-3(6)1-2-4(7)8/h1-6,14H,7-10H2;2*1-2H,(H,5,6)(H,7,8). The number of piperazine rings is 1. The van der Waals surface area contributed by atoms with Crippen LogP contribution in [-0.4, -0.2) is 75.5 Å². The molecule has 11 heteroatoms. The first kappa shape index (κ1) is 25.8. The molecule has 0 amide bonds. The van der Waals surface area contributed by atoms with Crippen LogP contribution in [-0.2, 0) is 19.2 Å². The van der Waals surface area contributed by atoms with E-state index in [1.165, 1.54) is 5.39 Å². The minimum Gasteiger partial charge on any atom is -0.478 e. The molecule has 0 saturated carbocycles. The number of carboxylic acids is 4. The maximum atomic E-state index is 9.55. The van der Waals surface area contributed by atoms with Gasteiger partial charge in [0.05, 0.1) is 5.52 Å². The predicted molar refractivity (Wildman–Crippen MR) is 116 cm³/mol. The lowest BCUT2D eigenvalue weighted by Crippen LogP contribution is -2.43. The number of benzene rings is 1. The van der Waals surface area contributed by atoms with Crippen LogP contribution in [0.3, 0.4) is 0 Å². The zero-order valence-corrected chi connectivity index (χ0v) is 16.9. The summed E-state index contributed by atoms with van der Waals surface area (Å²) in [5.41, 5.74) is 1.08. The number of fused-ring (bicyclic) bond motifs is 1. The quantitative estimate of drug-likeness (QED) is 0.416. The van der Waals surface area contributed by atoms with Crippen molar-refractivity contribution in [3.05, 3.63) is 60.7 Å². The third kappa shape index (κ3) is 11.1. The smallest absolute Gasteiger partial charge is 0.328 e. The molecule has 0 bridgehead atoms. The van der Waals surface area contributed by atoms with Crippen LogP contribution in [0.1, 0.15) is 0 Å². The summed E-state index contributed by atoms with van der Waals surface area (Å²) in [6.45, 7) is 4.19. The molecule has 5 N–H and O–H groups in total. The molecule has 0 unspecified atom stereocenters. The van der Waals surface area contributed by atoms with Crippen molar-refractivity contribution < 1.29 is 39.6 Å². The summed E-state index contributed by atoms with van der Waals surface area (Å²) in [6.07, 6.45) is 2.23. The van der Waals surface area contributed by atoms with Gasteiger partial charge in [0, 0.05) is 55.9 Å². The minimum atomic E-state index is -1.26. The monoisotopic (exact) mass is 445 g/mol. The second-order valence-electron chi connectivity index (χ2n) is 6.12. The Morgan fingerprint density at radius 1 is 0.750 bits per heavy atom. The Hall–Kier alpha value is -4.25. The molecule has 1 aliphatic heterocycles. The number of nitrogens with zero attached hydrogens (tertiary/aromatic N) is 2. The number of aromatic nitrogens is 1. The van der Waals surface area contributed by atoms with Crippen molar-refractivity contribution in [3.63, 3.8) is 0 Å². The van der Waals surface area contributed by atoms with Crippen LogP contribution in [0.5, 0.6) is 0 Å². The first-order valence-corrected chi connectivity index (χ1v) is 9.28. The minimum absolute atomic E-state index is 0.558. The van der Waals surface area contributed by atoms with Crippen molar-refractivity contribution in [2.24, 2.45) is 0 Å². The normalized spacial score (nSPS) is 13.1. The van der Waals surface area contributed by atoms with Gasteiger partial charge in [0.15, 0.2) is 0 Å². The van der Waals surface area contributed by atoms with E-state index < -0.39 is 23.9 Å². The number of pyridine rings is 1. The molecule has 0 aliphatic carbocycles. The van der Waals surface area contributed by atoms with Crippen LogP contribution in [0, 0.1) is 0 Å². The Bertz CT molecular complexity index is 931. The Kier molecular flexibility index (Phi) is 11.2. The summed E-state index contributed by atoms with van der Waals surface area (Å²) < 4.78 is 0. The molecule has 0 atom stereocenters. The Morgan fingerprint density at radius 3 is 1.69 bits per heavy atom. The third-order valence-electron chi connectivity index (χ3n) is 3.76. The number of carbonyl (C=O) groups is 4. The average Bonchev–Trinajstić information content (AvgIpc) is 2.77. The van der Waals surface area contributed by atoms with Crippen molar-refractivity contribution in [1.29, 1.82) is 0 Å². The number of carboxylic acid groups (broad SMARTS) is 4. The molecular formula is C21H23N3O8. The maximum Gasteiger partial charge on any atom is 0.328 e. The topological polar surface area (TPSA) is 177 Å². The van der Waals surface area contributed by atoms with E-state index in [2.05, 4.69) is 40.5 Å². The van der Waals surface area contributed by atoms with Crippen LogP contribution >= 0.6 is 0 Å². The summed E-state index contributed by atoms with van der Waals surface area (Å²) in [5, 5.41) is 35.8. The molecule has 1 saturated heterocycles. The summed E-state index contributed by atoms with van der Waals surface area (Å²) in [4.78, 5) is 45.2. The van der Waals surface area contributed by atoms with E-state index >= 15 is 0 Å². The number of aliphatic carboxylic acids is 4.